The van der Waals surface area contributed by atoms with Crippen LogP contribution in [0, 0.1) is 0 Å². The fourth-order valence-electron chi connectivity index (χ4n) is 4.39. The number of likely N-dealkylation sites (tertiary alicyclic amines) is 1. The lowest BCUT2D eigenvalue weighted by atomic mass is 9.79. The van der Waals surface area contributed by atoms with Crippen molar-refractivity contribution in [3.8, 4) is 0 Å². The summed E-state index contributed by atoms with van der Waals surface area (Å²) < 4.78 is 27.6. The SMILES string of the molecule is CC(=O)O[C@@H]1[C@@H](OC(C)=O)[C@H](OCN2C(C)(C)CC(=O)CC2(C)C)OC[C@H]1OC(C)=O. The van der Waals surface area contributed by atoms with Crippen molar-refractivity contribution in [3.63, 3.8) is 0 Å². The summed E-state index contributed by atoms with van der Waals surface area (Å²) in [6.07, 6.45) is -3.49. The molecule has 0 aromatic rings. The van der Waals surface area contributed by atoms with Crippen LogP contribution in [0.5, 0.6) is 0 Å². The van der Waals surface area contributed by atoms with Gasteiger partial charge in [0.05, 0.1) is 6.61 Å². The van der Waals surface area contributed by atoms with Gasteiger partial charge in [-0.05, 0) is 27.7 Å². The van der Waals surface area contributed by atoms with Crippen molar-refractivity contribution in [1.82, 2.24) is 4.90 Å². The molecule has 0 saturated carbocycles. The summed E-state index contributed by atoms with van der Waals surface area (Å²) in [6, 6.07) is 0. The number of ether oxygens (including phenoxy) is 5. The number of rotatable bonds is 6. The summed E-state index contributed by atoms with van der Waals surface area (Å²) >= 11 is 0. The topological polar surface area (TPSA) is 118 Å². The normalized spacial score (nSPS) is 30.4. The molecule has 0 aromatic heterocycles. The molecule has 2 aliphatic heterocycles. The van der Waals surface area contributed by atoms with Crippen LogP contribution < -0.4 is 0 Å². The Kier molecular flexibility index (Phi) is 7.83. The van der Waals surface area contributed by atoms with Crippen LogP contribution >= 0.6 is 0 Å². The molecule has 0 amide bonds. The zero-order valence-corrected chi connectivity index (χ0v) is 19.3. The molecular weight excluding hydrogens is 410 g/mol. The Morgan fingerprint density at radius 2 is 1.39 bits per heavy atom. The fourth-order valence-corrected chi connectivity index (χ4v) is 4.39. The van der Waals surface area contributed by atoms with Crippen LogP contribution in [0.4, 0.5) is 0 Å². The van der Waals surface area contributed by atoms with Gasteiger partial charge in [0.2, 0.25) is 0 Å². The molecule has 4 atom stereocenters. The minimum absolute atomic E-state index is 0.0841. The number of carbonyl (C=O) groups is 4. The predicted octanol–water partition coefficient (Wildman–Crippen LogP) is 1.33. The van der Waals surface area contributed by atoms with Crippen LogP contribution in [0.25, 0.3) is 0 Å². The highest BCUT2D eigenvalue weighted by Gasteiger charge is 2.49. The third kappa shape index (κ3) is 6.47. The van der Waals surface area contributed by atoms with Gasteiger partial charge < -0.3 is 23.7 Å². The lowest BCUT2D eigenvalue weighted by molar-refractivity contribution is -0.294. The zero-order chi connectivity index (χ0) is 23.6. The molecule has 176 valence electrons. The first kappa shape index (κ1) is 25.2. The first-order chi connectivity index (χ1) is 14.2. The van der Waals surface area contributed by atoms with Crippen molar-refractivity contribution in [2.45, 2.75) is 97.0 Å². The third-order valence-corrected chi connectivity index (χ3v) is 5.39. The van der Waals surface area contributed by atoms with Crippen molar-refractivity contribution in [3.05, 3.63) is 0 Å². The highest BCUT2D eigenvalue weighted by Crippen LogP contribution is 2.37. The number of ketones is 1. The summed E-state index contributed by atoms with van der Waals surface area (Å²) in [4.78, 5) is 49.1. The molecule has 0 radical (unpaired) electrons. The van der Waals surface area contributed by atoms with Crippen LogP contribution in [-0.2, 0) is 42.9 Å². The Morgan fingerprint density at radius 3 is 1.87 bits per heavy atom. The van der Waals surface area contributed by atoms with E-state index in [1.807, 2.05) is 27.7 Å². The molecule has 0 aliphatic carbocycles. The van der Waals surface area contributed by atoms with E-state index < -0.39 is 53.6 Å². The Balaban J connectivity index is 2.23. The van der Waals surface area contributed by atoms with Gasteiger partial charge in [0, 0.05) is 44.7 Å². The zero-order valence-electron chi connectivity index (χ0n) is 19.3. The van der Waals surface area contributed by atoms with Crippen molar-refractivity contribution in [2.24, 2.45) is 0 Å². The van der Waals surface area contributed by atoms with Crippen molar-refractivity contribution in [2.75, 3.05) is 13.3 Å². The van der Waals surface area contributed by atoms with Gasteiger partial charge in [-0.15, -0.1) is 0 Å². The van der Waals surface area contributed by atoms with E-state index in [4.69, 9.17) is 23.7 Å². The maximum atomic E-state index is 12.1. The van der Waals surface area contributed by atoms with Gasteiger partial charge in [0.1, 0.15) is 12.5 Å². The number of Topliss-reactive ketones (excluding diaryl/α,β-unsaturated/α-hetero) is 1. The molecule has 0 unspecified atom stereocenters. The van der Waals surface area contributed by atoms with Crippen molar-refractivity contribution >= 4 is 23.7 Å². The monoisotopic (exact) mass is 443 g/mol. The molecule has 2 saturated heterocycles. The second-order valence-corrected chi connectivity index (χ2v) is 9.24. The lowest BCUT2D eigenvalue weighted by Crippen LogP contribution is -2.63. The summed E-state index contributed by atoms with van der Waals surface area (Å²) in [5.74, 6) is -1.67. The number of nitrogens with zero attached hydrogens (tertiary/aromatic N) is 1. The smallest absolute Gasteiger partial charge is 0.303 e. The summed E-state index contributed by atoms with van der Waals surface area (Å²) in [5, 5.41) is 0. The van der Waals surface area contributed by atoms with Gasteiger partial charge in [-0.3, -0.25) is 24.1 Å². The number of esters is 3. The molecule has 2 aliphatic rings. The molecular formula is C21H33NO9. The summed E-state index contributed by atoms with van der Waals surface area (Å²) in [6.45, 7) is 11.4. The summed E-state index contributed by atoms with van der Waals surface area (Å²) in [7, 11) is 0. The molecule has 2 rings (SSSR count). The van der Waals surface area contributed by atoms with E-state index >= 15 is 0 Å². The largest absolute Gasteiger partial charge is 0.456 e. The van der Waals surface area contributed by atoms with E-state index in [-0.39, 0.29) is 19.1 Å². The molecule has 0 bridgehead atoms. The van der Waals surface area contributed by atoms with E-state index in [0.29, 0.717) is 12.8 Å². The quantitative estimate of drug-likeness (QED) is 0.439. The van der Waals surface area contributed by atoms with Crippen LogP contribution in [0.15, 0.2) is 0 Å². The van der Waals surface area contributed by atoms with E-state index in [9.17, 15) is 19.2 Å². The molecule has 10 heteroatoms. The first-order valence-electron chi connectivity index (χ1n) is 10.3. The second-order valence-electron chi connectivity index (χ2n) is 9.24. The van der Waals surface area contributed by atoms with Crippen LogP contribution in [0.3, 0.4) is 0 Å². The Bertz CT molecular complexity index is 698. The van der Waals surface area contributed by atoms with Gasteiger partial charge in [-0.25, -0.2) is 0 Å². The molecule has 31 heavy (non-hydrogen) atoms. The summed E-state index contributed by atoms with van der Waals surface area (Å²) in [5.41, 5.74) is -0.917. The van der Waals surface area contributed by atoms with Crippen molar-refractivity contribution in [1.29, 1.82) is 0 Å². The molecule has 0 N–H and O–H groups in total. The average molecular weight is 443 g/mol. The molecule has 10 nitrogen and oxygen atoms in total. The van der Waals surface area contributed by atoms with Crippen LogP contribution in [0.2, 0.25) is 0 Å². The predicted molar refractivity (Wildman–Crippen MR) is 107 cm³/mol. The molecule has 2 heterocycles. The third-order valence-electron chi connectivity index (χ3n) is 5.39. The highest BCUT2D eigenvalue weighted by molar-refractivity contribution is 5.81. The number of hydrogen-bond donors (Lipinski definition) is 0. The lowest BCUT2D eigenvalue weighted by Gasteiger charge is -2.52. The average Bonchev–Trinajstić information content (AvgIpc) is 2.55. The van der Waals surface area contributed by atoms with Gasteiger partial charge >= 0.3 is 17.9 Å². The van der Waals surface area contributed by atoms with Gasteiger partial charge in [-0.1, -0.05) is 0 Å². The maximum Gasteiger partial charge on any atom is 0.303 e. The Labute approximate surface area is 182 Å². The number of carbonyl (C=O) groups excluding carboxylic acids is 4. The number of hydrogen-bond acceptors (Lipinski definition) is 10. The minimum atomic E-state index is -1.14. The van der Waals surface area contributed by atoms with Crippen LogP contribution in [-0.4, -0.2) is 77.6 Å². The Morgan fingerprint density at radius 1 is 0.903 bits per heavy atom. The molecule has 2 fully saturated rings. The Hall–Kier alpha value is -2.04. The van der Waals surface area contributed by atoms with Crippen molar-refractivity contribution < 1.29 is 42.9 Å². The van der Waals surface area contributed by atoms with Gasteiger partial charge in [0.25, 0.3) is 0 Å². The van der Waals surface area contributed by atoms with Gasteiger partial charge in [-0.2, -0.15) is 0 Å². The van der Waals surface area contributed by atoms with E-state index in [2.05, 4.69) is 4.90 Å². The standard InChI is InChI=1S/C21H33NO9/c1-12(23)29-16-10-27-19(18(31-14(3)25)17(16)30-13(2)24)28-11-22-20(4,5)8-15(26)9-21(22,6)7/h16-19H,8-11H2,1-7H3/t16-,17+,18-,19+/m1/s1. The fraction of sp³-hybridized carbons (Fsp3) is 0.810. The van der Waals surface area contributed by atoms with E-state index in [1.165, 1.54) is 20.8 Å². The second kappa shape index (κ2) is 9.62. The molecule has 0 spiro atoms. The van der Waals surface area contributed by atoms with E-state index in [0.717, 1.165) is 0 Å². The van der Waals surface area contributed by atoms with Gasteiger partial charge in [0.15, 0.2) is 24.6 Å². The maximum absolute atomic E-state index is 12.1. The van der Waals surface area contributed by atoms with Crippen LogP contribution in [0.1, 0.15) is 61.3 Å². The first-order valence-corrected chi connectivity index (χ1v) is 10.3. The molecule has 0 aromatic carbocycles. The number of piperidine rings is 1. The minimum Gasteiger partial charge on any atom is -0.456 e. The highest BCUT2D eigenvalue weighted by atomic mass is 16.7. The van der Waals surface area contributed by atoms with E-state index in [1.54, 1.807) is 0 Å².